The predicted molar refractivity (Wildman–Crippen MR) is 78.2 cm³/mol. The van der Waals surface area contributed by atoms with Gasteiger partial charge in [-0.25, -0.2) is 4.39 Å². The van der Waals surface area contributed by atoms with Crippen molar-refractivity contribution in [3.05, 3.63) is 41.8 Å². The van der Waals surface area contributed by atoms with Crippen molar-refractivity contribution in [1.82, 2.24) is 10.1 Å². The first kappa shape index (κ1) is 15.2. The van der Waals surface area contributed by atoms with Gasteiger partial charge in [-0.2, -0.15) is 0 Å². The van der Waals surface area contributed by atoms with Crippen molar-refractivity contribution < 1.29 is 23.6 Å². The monoisotopic (exact) mass is 318 g/mol. The van der Waals surface area contributed by atoms with E-state index in [1.165, 1.54) is 12.1 Å². The van der Waals surface area contributed by atoms with E-state index in [1.54, 1.807) is 23.1 Å². The van der Waals surface area contributed by atoms with Gasteiger partial charge < -0.3 is 14.5 Å². The first-order valence-electron chi connectivity index (χ1n) is 7.27. The van der Waals surface area contributed by atoms with Gasteiger partial charge in [0.05, 0.1) is 5.56 Å². The Morgan fingerprint density at radius 1 is 1.39 bits per heavy atom. The highest BCUT2D eigenvalue weighted by molar-refractivity contribution is 5.93. The zero-order chi connectivity index (χ0) is 16.4. The van der Waals surface area contributed by atoms with Gasteiger partial charge in [-0.3, -0.25) is 9.59 Å². The first-order chi connectivity index (χ1) is 11.0. The number of carboxylic acids is 1. The second-order valence-corrected chi connectivity index (χ2v) is 5.56. The predicted octanol–water partition coefficient (Wildman–Crippen LogP) is 2.42. The van der Waals surface area contributed by atoms with Crippen LogP contribution >= 0.6 is 0 Å². The van der Waals surface area contributed by atoms with E-state index in [2.05, 4.69) is 5.16 Å². The molecule has 0 spiro atoms. The van der Waals surface area contributed by atoms with Gasteiger partial charge in [0.2, 0.25) is 0 Å². The zero-order valence-corrected chi connectivity index (χ0v) is 12.2. The van der Waals surface area contributed by atoms with Gasteiger partial charge in [-0.15, -0.1) is 0 Å². The molecule has 6 nitrogen and oxygen atoms in total. The van der Waals surface area contributed by atoms with Gasteiger partial charge in [0.15, 0.2) is 11.5 Å². The van der Waals surface area contributed by atoms with E-state index in [4.69, 9.17) is 9.63 Å². The van der Waals surface area contributed by atoms with Crippen LogP contribution in [-0.2, 0) is 4.79 Å². The molecular formula is C16H15FN2O4. The zero-order valence-electron chi connectivity index (χ0n) is 12.2. The number of hydrogen-bond donors (Lipinski definition) is 1. The lowest BCUT2D eigenvalue weighted by Crippen LogP contribution is -2.29. The fourth-order valence-electron chi connectivity index (χ4n) is 2.76. The van der Waals surface area contributed by atoms with E-state index in [-0.39, 0.29) is 35.3 Å². The Bertz CT molecular complexity index is 743. The number of carbonyl (C=O) groups excluding carboxylic acids is 1. The summed E-state index contributed by atoms with van der Waals surface area (Å²) in [6, 6.07) is 7.48. The number of carboxylic acid groups (broad SMARTS) is 1. The van der Waals surface area contributed by atoms with E-state index in [1.807, 2.05) is 0 Å². The topological polar surface area (TPSA) is 83.6 Å². The van der Waals surface area contributed by atoms with Crippen molar-refractivity contribution in [2.75, 3.05) is 13.1 Å². The van der Waals surface area contributed by atoms with E-state index in [0.717, 1.165) is 0 Å². The molecule has 1 N–H and O–H groups in total. The number of nitrogens with zero attached hydrogens (tertiary/aromatic N) is 2. The van der Waals surface area contributed by atoms with Crippen LogP contribution in [0.2, 0.25) is 0 Å². The third-order valence-corrected chi connectivity index (χ3v) is 3.90. The van der Waals surface area contributed by atoms with Crippen LogP contribution < -0.4 is 0 Å². The van der Waals surface area contributed by atoms with Crippen LogP contribution in [0.4, 0.5) is 4.39 Å². The minimum Gasteiger partial charge on any atom is -0.481 e. The summed E-state index contributed by atoms with van der Waals surface area (Å²) in [4.78, 5) is 24.6. The molecule has 1 saturated heterocycles. The number of hydrogen-bond acceptors (Lipinski definition) is 4. The molecule has 1 unspecified atom stereocenters. The summed E-state index contributed by atoms with van der Waals surface area (Å²) in [5.74, 6) is -1.51. The molecule has 1 aliphatic heterocycles. The summed E-state index contributed by atoms with van der Waals surface area (Å²) in [5.41, 5.74) is 0.337. The molecule has 0 radical (unpaired) electrons. The smallest absolute Gasteiger partial charge is 0.303 e. The van der Waals surface area contributed by atoms with Gasteiger partial charge in [-0.1, -0.05) is 17.3 Å². The normalized spacial score (nSPS) is 17.4. The van der Waals surface area contributed by atoms with Crippen LogP contribution in [0.1, 0.15) is 23.3 Å². The summed E-state index contributed by atoms with van der Waals surface area (Å²) in [7, 11) is 0. The maximum Gasteiger partial charge on any atom is 0.303 e. The number of amides is 1. The number of likely N-dealkylation sites (tertiary alicyclic amines) is 1. The van der Waals surface area contributed by atoms with Crippen molar-refractivity contribution in [2.24, 2.45) is 5.92 Å². The van der Waals surface area contributed by atoms with E-state index in [0.29, 0.717) is 19.5 Å². The SMILES string of the molecule is O=C(O)CC1CCN(C(=O)c2cc(-c3ccccc3F)on2)C1. The van der Waals surface area contributed by atoms with Gasteiger partial charge in [0.1, 0.15) is 5.82 Å². The molecule has 120 valence electrons. The minimum atomic E-state index is -0.868. The standard InChI is InChI=1S/C16H15FN2O4/c17-12-4-2-1-3-11(12)14-8-13(18-23-14)16(22)19-6-5-10(9-19)7-15(20)21/h1-4,8,10H,5-7,9H2,(H,20,21). The molecule has 2 aromatic rings. The number of rotatable bonds is 4. The van der Waals surface area contributed by atoms with Crippen LogP contribution in [-0.4, -0.2) is 40.1 Å². The van der Waals surface area contributed by atoms with Crippen molar-refractivity contribution >= 4 is 11.9 Å². The average molecular weight is 318 g/mol. The fourth-order valence-corrected chi connectivity index (χ4v) is 2.76. The van der Waals surface area contributed by atoms with Crippen molar-refractivity contribution in [3.63, 3.8) is 0 Å². The maximum absolute atomic E-state index is 13.7. The molecule has 1 aromatic carbocycles. The Labute approximate surface area is 131 Å². The van der Waals surface area contributed by atoms with Crippen molar-refractivity contribution in [2.45, 2.75) is 12.8 Å². The van der Waals surface area contributed by atoms with Gasteiger partial charge in [0.25, 0.3) is 5.91 Å². The lowest BCUT2D eigenvalue weighted by Gasteiger charge is -2.13. The van der Waals surface area contributed by atoms with Crippen molar-refractivity contribution in [3.8, 4) is 11.3 Å². The second-order valence-electron chi connectivity index (χ2n) is 5.56. The van der Waals surface area contributed by atoms with Crippen molar-refractivity contribution in [1.29, 1.82) is 0 Å². The molecule has 2 heterocycles. The molecule has 0 saturated carbocycles. The third kappa shape index (κ3) is 3.23. The summed E-state index contributed by atoms with van der Waals surface area (Å²) < 4.78 is 18.8. The van der Waals surface area contributed by atoms with Gasteiger partial charge in [0, 0.05) is 25.6 Å². The van der Waals surface area contributed by atoms with Crippen LogP contribution in [0, 0.1) is 11.7 Å². The largest absolute Gasteiger partial charge is 0.481 e. The summed E-state index contributed by atoms with van der Waals surface area (Å²) in [6.45, 7) is 0.867. The Kier molecular flexibility index (Phi) is 4.10. The molecule has 0 aliphatic carbocycles. The summed E-state index contributed by atoms with van der Waals surface area (Å²) in [5, 5.41) is 12.5. The number of benzene rings is 1. The molecule has 1 aliphatic rings. The quantitative estimate of drug-likeness (QED) is 0.936. The molecule has 7 heteroatoms. The number of carbonyl (C=O) groups is 2. The highest BCUT2D eigenvalue weighted by Crippen LogP contribution is 2.25. The van der Waals surface area contributed by atoms with Crippen LogP contribution in [0.5, 0.6) is 0 Å². The van der Waals surface area contributed by atoms with E-state index >= 15 is 0 Å². The lowest BCUT2D eigenvalue weighted by atomic mass is 10.1. The number of aromatic nitrogens is 1. The van der Waals surface area contributed by atoms with Crippen LogP contribution in [0.15, 0.2) is 34.9 Å². The Morgan fingerprint density at radius 3 is 2.91 bits per heavy atom. The third-order valence-electron chi connectivity index (χ3n) is 3.90. The summed E-state index contributed by atoms with van der Waals surface area (Å²) in [6.07, 6.45) is 0.694. The van der Waals surface area contributed by atoms with Gasteiger partial charge in [-0.05, 0) is 24.5 Å². The maximum atomic E-state index is 13.7. The molecular weight excluding hydrogens is 303 g/mol. The minimum absolute atomic E-state index is 0.0447. The van der Waals surface area contributed by atoms with E-state index < -0.39 is 11.8 Å². The Balaban J connectivity index is 1.72. The highest BCUT2D eigenvalue weighted by Gasteiger charge is 2.30. The van der Waals surface area contributed by atoms with E-state index in [9.17, 15) is 14.0 Å². The highest BCUT2D eigenvalue weighted by atomic mass is 19.1. The lowest BCUT2D eigenvalue weighted by molar-refractivity contribution is -0.138. The Morgan fingerprint density at radius 2 is 2.17 bits per heavy atom. The molecule has 23 heavy (non-hydrogen) atoms. The van der Waals surface area contributed by atoms with Crippen LogP contribution in [0.25, 0.3) is 11.3 Å². The number of halogens is 1. The molecule has 1 atom stereocenters. The molecule has 1 aromatic heterocycles. The average Bonchev–Trinajstić information content (AvgIpc) is 3.16. The Hall–Kier alpha value is -2.70. The fraction of sp³-hybridized carbons (Fsp3) is 0.312. The molecule has 0 bridgehead atoms. The molecule has 1 fully saturated rings. The molecule has 1 amide bonds. The van der Waals surface area contributed by atoms with Gasteiger partial charge >= 0.3 is 5.97 Å². The number of aliphatic carboxylic acids is 1. The first-order valence-corrected chi connectivity index (χ1v) is 7.27. The molecule has 3 rings (SSSR count). The summed E-state index contributed by atoms with van der Waals surface area (Å²) >= 11 is 0. The van der Waals surface area contributed by atoms with Crippen LogP contribution in [0.3, 0.4) is 0 Å². The second kappa shape index (κ2) is 6.20.